The normalized spacial score (nSPS) is 13.1. The summed E-state index contributed by atoms with van der Waals surface area (Å²) in [5.41, 5.74) is 0.783. The molecular weight excluding hydrogens is 250 g/mol. The number of sulfonamides is 1. The van der Waals surface area contributed by atoms with E-state index in [-0.39, 0.29) is 6.61 Å². The quantitative estimate of drug-likeness (QED) is 0.906. The van der Waals surface area contributed by atoms with Crippen molar-refractivity contribution < 1.29 is 13.5 Å². The molecule has 0 amide bonds. The summed E-state index contributed by atoms with van der Waals surface area (Å²) in [6.07, 6.45) is 0. The molecule has 0 aliphatic heterocycles. The number of benzene rings is 1. The first-order valence-corrected chi connectivity index (χ1v) is 7.24. The van der Waals surface area contributed by atoms with Gasteiger partial charge in [0.1, 0.15) is 0 Å². The highest BCUT2D eigenvalue weighted by atomic mass is 32.2. The van der Waals surface area contributed by atoms with Gasteiger partial charge in [-0.15, -0.1) is 0 Å². The van der Waals surface area contributed by atoms with Crippen LogP contribution in [0, 0.1) is 13.8 Å². The Morgan fingerprint density at radius 3 is 2.33 bits per heavy atom. The Morgan fingerprint density at radius 1 is 1.28 bits per heavy atom. The molecule has 1 aromatic carbocycles. The fourth-order valence-electron chi connectivity index (χ4n) is 1.56. The minimum Gasteiger partial charge on any atom is -0.394 e. The fraction of sp³-hybridized carbons (Fsp3) is 0.538. The highest BCUT2D eigenvalue weighted by Gasteiger charge is 2.34. The van der Waals surface area contributed by atoms with E-state index < -0.39 is 15.6 Å². The van der Waals surface area contributed by atoms with E-state index in [4.69, 9.17) is 0 Å². The number of aryl methyl sites for hydroxylation is 2. The standard InChI is InChI=1S/C13H21NO3S/c1-10-6-7-11(2)12(8-10)18(16,17)14(5)13(3,4)9-15/h6-8,15H,9H2,1-5H3. The first-order chi connectivity index (χ1) is 8.13. The molecule has 102 valence electrons. The van der Waals surface area contributed by atoms with Crippen LogP contribution in [0.3, 0.4) is 0 Å². The van der Waals surface area contributed by atoms with E-state index in [2.05, 4.69) is 0 Å². The molecule has 1 aromatic rings. The van der Waals surface area contributed by atoms with Gasteiger partial charge >= 0.3 is 0 Å². The molecule has 0 fully saturated rings. The SMILES string of the molecule is Cc1ccc(C)c(S(=O)(=O)N(C)C(C)(C)CO)c1. The van der Waals surface area contributed by atoms with Crippen molar-refractivity contribution in [3.63, 3.8) is 0 Å². The van der Waals surface area contributed by atoms with Gasteiger partial charge in [0.05, 0.1) is 17.0 Å². The Balaban J connectivity index is 3.34. The Hall–Kier alpha value is -0.910. The Morgan fingerprint density at radius 2 is 1.83 bits per heavy atom. The number of hydrogen-bond acceptors (Lipinski definition) is 3. The molecule has 0 radical (unpaired) electrons. The Labute approximate surface area is 109 Å². The van der Waals surface area contributed by atoms with Crippen molar-refractivity contribution in [2.75, 3.05) is 13.7 Å². The summed E-state index contributed by atoms with van der Waals surface area (Å²) in [6.45, 7) is 6.78. The van der Waals surface area contributed by atoms with Crippen molar-refractivity contribution in [3.8, 4) is 0 Å². The molecule has 4 nitrogen and oxygen atoms in total. The van der Waals surface area contributed by atoms with E-state index in [0.29, 0.717) is 10.5 Å². The largest absolute Gasteiger partial charge is 0.394 e. The van der Waals surface area contributed by atoms with E-state index in [1.807, 2.05) is 13.0 Å². The Bertz CT molecular complexity index is 535. The zero-order chi connectivity index (χ0) is 14.1. The predicted molar refractivity (Wildman–Crippen MR) is 72.0 cm³/mol. The average molecular weight is 271 g/mol. The molecule has 1 rings (SSSR count). The molecule has 0 heterocycles. The van der Waals surface area contributed by atoms with Gasteiger partial charge in [-0.05, 0) is 44.9 Å². The molecule has 5 heteroatoms. The third-order valence-electron chi connectivity index (χ3n) is 3.22. The summed E-state index contributed by atoms with van der Waals surface area (Å²) in [5.74, 6) is 0. The second kappa shape index (κ2) is 4.99. The van der Waals surface area contributed by atoms with Crippen LogP contribution in [0.25, 0.3) is 0 Å². The lowest BCUT2D eigenvalue weighted by molar-refractivity contribution is 0.138. The van der Waals surface area contributed by atoms with Crippen molar-refractivity contribution >= 4 is 10.0 Å². The van der Waals surface area contributed by atoms with Crippen LogP contribution in [0.15, 0.2) is 23.1 Å². The van der Waals surface area contributed by atoms with E-state index in [1.165, 1.54) is 11.4 Å². The summed E-state index contributed by atoms with van der Waals surface area (Å²) < 4.78 is 26.3. The minimum absolute atomic E-state index is 0.229. The van der Waals surface area contributed by atoms with Crippen LogP contribution in [0.5, 0.6) is 0 Å². The molecule has 18 heavy (non-hydrogen) atoms. The number of hydrogen-bond donors (Lipinski definition) is 1. The van der Waals surface area contributed by atoms with Crippen LogP contribution in [0.1, 0.15) is 25.0 Å². The van der Waals surface area contributed by atoms with Crippen LogP contribution in [-0.4, -0.2) is 37.0 Å². The number of rotatable bonds is 4. The smallest absolute Gasteiger partial charge is 0.243 e. The van der Waals surface area contributed by atoms with Crippen LogP contribution in [-0.2, 0) is 10.0 Å². The summed E-state index contributed by atoms with van der Waals surface area (Å²) in [4.78, 5) is 0.298. The van der Waals surface area contributed by atoms with Crippen LogP contribution in [0.2, 0.25) is 0 Å². The van der Waals surface area contributed by atoms with Gasteiger partial charge in [0.25, 0.3) is 0 Å². The van der Waals surface area contributed by atoms with Gasteiger partial charge in [-0.1, -0.05) is 12.1 Å². The monoisotopic (exact) mass is 271 g/mol. The zero-order valence-electron chi connectivity index (χ0n) is 11.6. The van der Waals surface area contributed by atoms with Gasteiger partial charge < -0.3 is 5.11 Å². The predicted octanol–water partition coefficient (Wildman–Crippen LogP) is 1.69. The third-order valence-corrected chi connectivity index (χ3v) is 5.43. The highest BCUT2D eigenvalue weighted by Crippen LogP contribution is 2.25. The average Bonchev–Trinajstić information content (AvgIpc) is 2.31. The van der Waals surface area contributed by atoms with E-state index >= 15 is 0 Å². The molecule has 0 saturated heterocycles. The maximum Gasteiger partial charge on any atom is 0.243 e. The van der Waals surface area contributed by atoms with Crippen molar-refractivity contribution in [2.24, 2.45) is 0 Å². The minimum atomic E-state index is -3.59. The zero-order valence-corrected chi connectivity index (χ0v) is 12.4. The van der Waals surface area contributed by atoms with Gasteiger partial charge in [-0.25, -0.2) is 8.42 Å². The molecule has 0 spiro atoms. The molecule has 0 bridgehead atoms. The first-order valence-electron chi connectivity index (χ1n) is 5.80. The second-order valence-corrected chi connectivity index (χ2v) is 7.15. The number of likely N-dealkylation sites (N-methyl/N-ethyl adjacent to an activating group) is 1. The summed E-state index contributed by atoms with van der Waals surface area (Å²) >= 11 is 0. The maximum absolute atomic E-state index is 12.5. The van der Waals surface area contributed by atoms with Crippen molar-refractivity contribution in [1.29, 1.82) is 0 Å². The van der Waals surface area contributed by atoms with Crippen molar-refractivity contribution in [3.05, 3.63) is 29.3 Å². The first kappa shape index (κ1) is 15.1. The molecule has 0 aromatic heterocycles. The van der Waals surface area contributed by atoms with E-state index in [0.717, 1.165) is 5.56 Å². The molecule has 0 aliphatic carbocycles. The van der Waals surface area contributed by atoms with Gasteiger partial charge in [0.2, 0.25) is 10.0 Å². The molecule has 0 unspecified atom stereocenters. The lowest BCUT2D eigenvalue weighted by Gasteiger charge is -2.33. The van der Waals surface area contributed by atoms with E-state index in [9.17, 15) is 13.5 Å². The molecule has 0 saturated carbocycles. The lowest BCUT2D eigenvalue weighted by atomic mass is 10.1. The maximum atomic E-state index is 12.5. The highest BCUT2D eigenvalue weighted by molar-refractivity contribution is 7.89. The van der Waals surface area contributed by atoms with Gasteiger partial charge in [-0.3, -0.25) is 0 Å². The molecule has 0 aliphatic rings. The van der Waals surface area contributed by atoms with Crippen molar-refractivity contribution in [1.82, 2.24) is 4.31 Å². The summed E-state index contributed by atoms with van der Waals surface area (Å²) in [6, 6.07) is 5.34. The molecular formula is C13H21NO3S. The summed E-state index contributed by atoms with van der Waals surface area (Å²) in [7, 11) is -2.10. The number of aliphatic hydroxyl groups excluding tert-OH is 1. The fourth-order valence-corrected chi connectivity index (χ4v) is 3.37. The van der Waals surface area contributed by atoms with Gasteiger partial charge in [0.15, 0.2) is 0 Å². The molecule has 1 N–H and O–H groups in total. The summed E-state index contributed by atoms with van der Waals surface area (Å²) in [5, 5.41) is 9.29. The van der Waals surface area contributed by atoms with Gasteiger partial charge in [-0.2, -0.15) is 4.31 Å². The van der Waals surface area contributed by atoms with Crippen LogP contribution in [0.4, 0.5) is 0 Å². The number of nitrogens with zero attached hydrogens (tertiary/aromatic N) is 1. The van der Waals surface area contributed by atoms with Crippen LogP contribution >= 0.6 is 0 Å². The Kier molecular flexibility index (Phi) is 4.20. The molecule has 0 atom stereocenters. The lowest BCUT2D eigenvalue weighted by Crippen LogP contribution is -2.47. The number of aliphatic hydroxyl groups is 1. The van der Waals surface area contributed by atoms with Gasteiger partial charge in [0, 0.05) is 7.05 Å². The third kappa shape index (κ3) is 2.74. The van der Waals surface area contributed by atoms with Crippen LogP contribution < -0.4 is 0 Å². The van der Waals surface area contributed by atoms with E-state index in [1.54, 1.807) is 32.9 Å². The topological polar surface area (TPSA) is 57.6 Å². The van der Waals surface area contributed by atoms with Crippen molar-refractivity contribution in [2.45, 2.75) is 38.1 Å². The second-order valence-electron chi connectivity index (χ2n) is 5.21.